The van der Waals surface area contributed by atoms with E-state index in [4.69, 9.17) is 5.73 Å². The second kappa shape index (κ2) is 8.65. The number of likely N-dealkylation sites (N-methyl/N-ethyl adjacent to an activating group) is 1. The Morgan fingerprint density at radius 2 is 1.44 bits per heavy atom. The molecule has 2 rings (SSSR count). The standard InChI is InChI=1S/C22H30N2O3/c1-15(2)22(3,27)20(23)21(26)24(4)18(16-11-7-5-8-12-16)19(25)17-13-9-6-10-14-17/h5-15,18-20,25,27H,23H2,1-4H3/t18-,19-,20-,22-/m1/s1. The Morgan fingerprint density at radius 1 is 1.00 bits per heavy atom. The third kappa shape index (κ3) is 4.56. The molecule has 146 valence electrons. The van der Waals surface area contributed by atoms with Crippen LogP contribution in [-0.4, -0.2) is 39.7 Å². The number of rotatable bonds is 7. The van der Waals surface area contributed by atoms with Gasteiger partial charge in [0.15, 0.2) is 0 Å². The Bertz CT molecular complexity index is 732. The molecule has 0 radical (unpaired) electrons. The number of carbonyl (C=O) groups excluding carboxylic acids is 1. The van der Waals surface area contributed by atoms with Crippen molar-refractivity contribution in [1.82, 2.24) is 4.90 Å². The van der Waals surface area contributed by atoms with Gasteiger partial charge < -0.3 is 20.8 Å². The summed E-state index contributed by atoms with van der Waals surface area (Å²) in [7, 11) is 1.61. The number of carbonyl (C=O) groups is 1. The van der Waals surface area contributed by atoms with Crippen LogP contribution in [0.2, 0.25) is 0 Å². The second-order valence-electron chi connectivity index (χ2n) is 7.52. The second-order valence-corrected chi connectivity index (χ2v) is 7.52. The normalized spacial score (nSPS) is 17.0. The monoisotopic (exact) mass is 370 g/mol. The van der Waals surface area contributed by atoms with Crippen molar-refractivity contribution in [2.45, 2.75) is 44.6 Å². The van der Waals surface area contributed by atoms with E-state index >= 15 is 0 Å². The summed E-state index contributed by atoms with van der Waals surface area (Å²) in [6.07, 6.45) is -0.932. The summed E-state index contributed by atoms with van der Waals surface area (Å²) in [5.41, 5.74) is 6.27. The minimum Gasteiger partial charge on any atom is -0.388 e. The minimum atomic E-state index is -1.36. The molecule has 4 atom stereocenters. The molecule has 0 aliphatic carbocycles. The average Bonchev–Trinajstić information content (AvgIpc) is 2.68. The zero-order valence-corrected chi connectivity index (χ0v) is 16.4. The molecule has 0 aliphatic rings. The summed E-state index contributed by atoms with van der Waals surface area (Å²) in [6.45, 7) is 5.21. The van der Waals surface area contributed by atoms with Crippen molar-refractivity contribution in [3.63, 3.8) is 0 Å². The Labute approximate surface area is 161 Å². The zero-order chi connectivity index (χ0) is 20.2. The molecule has 1 amide bonds. The number of nitrogens with two attached hydrogens (primary N) is 1. The number of nitrogens with zero attached hydrogens (tertiary/aromatic N) is 1. The van der Waals surface area contributed by atoms with Gasteiger partial charge in [0.1, 0.15) is 12.1 Å². The first kappa shape index (κ1) is 21.1. The van der Waals surface area contributed by atoms with Gasteiger partial charge in [0, 0.05) is 7.05 Å². The van der Waals surface area contributed by atoms with Gasteiger partial charge in [-0.3, -0.25) is 4.79 Å². The fraction of sp³-hybridized carbons (Fsp3) is 0.409. The Kier molecular flexibility index (Phi) is 6.76. The molecule has 0 aromatic heterocycles. The first-order chi connectivity index (χ1) is 12.7. The maximum atomic E-state index is 13.1. The van der Waals surface area contributed by atoms with E-state index in [1.54, 1.807) is 14.0 Å². The van der Waals surface area contributed by atoms with Gasteiger partial charge in [-0.05, 0) is 24.0 Å². The van der Waals surface area contributed by atoms with Crippen LogP contribution >= 0.6 is 0 Å². The Balaban J connectivity index is 2.40. The molecule has 0 saturated heterocycles. The van der Waals surface area contributed by atoms with Crippen molar-refractivity contribution in [3.8, 4) is 0 Å². The van der Waals surface area contributed by atoms with E-state index < -0.39 is 29.7 Å². The highest BCUT2D eigenvalue weighted by Gasteiger charge is 2.41. The summed E-state index contributed by atoms with van der Waals surface area (Å²) in [6, 6.07) is 16.8. The van der Waals surface area contributed by atoms with Gasteiger partial charge in [-0.2, -0.15) is 0 Å². The molecule has 0 aliphatic heterocycles. The SMILES string of the molecule is CC(C)[C@@](C)(O)[C@H](N)C(=O)N(C)[C@H](c1ccccc1)[C@H](O)c1ccccc1. The average molecular weight is 370 g/mol. The smallest absolute Gasteiger partial charge is 0.242 e. The maximum Gasteiger partial charge on any atom is 0.242 e. The highest BCUT2D eigenvalue weighted by atomic mass is 16.3. The van der Waals surface area contributed by atoms with Crippen molar-refractivity contribution in [1.29, 1.82) is 0 Å². The zero-order valence-electron chi connectivity index (χ0n) is 16.4. The lowest BCUT2D eigenvalue weighted by Gasteiger charge is -2.39. The number of amides is 1. The topological polar surface area (TPSA) is 86.8 Å². The van der Waals surface area contributed by atoms with Crippen LogP contribution in [0.15, 0.2) is 60.7 Å². The first-order valence-electron chi connectivity index (χ1n) is 9.20. The van der Waals surface area contributed by atoms with Gasteiger partial charge in [-0.25, -0.2) is 0 Å². The molecule has 27 heavy (non-hydrogen) atoms. The fourth-order valence-corrected chi connectivity index (χ4v) is 3.07. The van der Waals surface area contributed by atoms with Crippen LogP contribution in [0.1, 0.15) is 44.0 Å². The van der Waals surface area contributed by atoms with E-state index in [1.807, 2.05) is 74.5 Å². The predicted octanol–water partition coefficient (Wildman–Crippen LogP) is 2.65. The quantitative estimate of drug-likeness (QED) is 0.699. The largest absolute Gasteiger partial charge is 0.388 e. The van der Waals surface area contributed by atoms with Crippen LogP contribution in [0.25, 0.3) is 0 Å². The van der Waals surface area contributed by atoms with E-state index in [-0.39, 0.29) is 5.92 Å². The van der Waals surface area contributed by atoms with E-state index in [1.165, 1.54) is 4.90 Å². The third-order valence-corrected chi connectivity index (χ3v) is 5.41. The summed E-state index contributed by atoms with van der Waals surface area (Å²) >= 11 is 0. The lowest BCUT2D eigenvalue weighted by Crippen LogP contribution is -2.58. The number of hydrogen-bond donors (Lipinski definition) is 3. The van der Waals surface area contributed by atoms with E-state index in [9.17, 15) is 15.0 Å². The van der Waals surface area contributed by atoms with Crippen LogP contribution in [0, 0.1) is 5.92 Å². The van der Waals surface area contributed by atoms with Crippen molar-refractivity contribution < 1.29 is 15.0 Å². The van der Waals surface area contributed by atoms with Crippen LogP contribution in [0.4, 0.5) is 0 Å². The van der Waals surface area contributed by atoms with Gasteiger partial charge in [0.05, 0.1) is 11.6 Å². The molecule has 2 aromatic carbocycles. The molecule has 0 bridgehead atoms. The van der Waals surface area contributed by atoms with Crippen molar-refractivity contribution in [2.24, 2.45) is 11.7 Å². The number of aliphatic hydroxyl groups excluding tert-OH is 1. The molecule has 0 heterocycles. The van der Waals surface area contributed by atoms with Crippen molar-refractivity contribution in [3.05, 3.63) is 71.8 Å². The maximum absolute atomic E-state index is 13.1. The molecule has 0 spiro atoms. The molecular weight excluding hydrogens is 340 g/mol. The minimum absolute atomic E-state index is 0.195. The molecule has 0 saturated carbocycles. The van der Waals surface area contributed by atoms with E-state index in [0.717, 1.165) is 5.56 Å². The van der Waals surface area contributed by atoms with Crippen LogP contribution in [-0.2, 0) is 4.79 Å². The molecule has 5 nitrogen and oxygen atoms in total. The van der Waals surface area contributed by atoms with Gasteiger partial charge >= 0.3 is 0 Å². The summed E-state index contributed by atoms with van der Waals surface area (Å²) in [5, 5.41) is 21.7. The van der Waals surface area contributed by atoms with Gasteiger partial charge in [0.25, 0.3) is 0 Å². The van der Waals surface area contributed by atoms with Crippen LogP contribution < -0.4 is 5.73 Å². The predicted molar refractivity (Wildman–Crippen MR) is 107 cm³/mol. The third-order valence-electron chi connectivity index (χ3n) is 5.41. The van der Waals surface area contributed by atoms with E-state index in [0.29, 0.717) is 5.56 Å². The summed E-state index contributed by atoms with van der Waals surface area (Å²) in [4.78, 5) is 14.5. The fourth-order valence-electron chi connectivity index (χ4n) is 3.07. The summed E-state index contributed by atoms with van der Waals surface area (Å²) in [5.74, 6) is -0.614. The molecule has 5 heteroatoms. The lowest BCUT2D eigenvalue weighted by atomic mass is 9.84. The van der Waals surface area contributed by atoms with Crippen molar-refractivity contribution in [2.75, 3.05) is 7.05 Å². The molecule has 0 unspecified atom stereocenters. The molecule has 0 fully saturated rings. The molecule has 4 N–H and O–H groups in total. The number of hydrogen-bond acceptors (Lipinski definition) is 4. The number of benzene rings is 2. The van der Waals surface area contributed by atoms with E-state index in [2.05, 4.69) is 0 Å². The molecule has 2 aromatic rings. The Hall–Kier alpha value is -2.21. The van der Waals surface area contributed by atoms with Gasteiger partial charge in [-0.15, -0.1) is 0 Å². The number of aliphatic hydroxyl groups is 2. The lowest BCUT2D eigenvalue weighted by molar-refractivity contribution is -0.144. The van der Waals surface area contributed by atoms with Crippen LogP contribution in [0.5, 0.6) is 0 Å². The molecular formula is C22H30N2O3. The van der Waals surface area contributed by atoms with Crippen molar-refractivity contribution >= 4 is 5.91 Å². The van der Waals surface area contributed by atoms with Crippen LogP contribution in [0.3, 0.4) is 0 Å². The van der Waals surface area contributed by atoms with Gasteiger partial charge in [-0.1, -0.05) is 74.5 Å². The Morgan fingerprint density at radius 3 is 1.89 bits per heavy atom. The van der Waals surface area contributed by atoms with Gasteiger partial charge in [0.2, 0.25) is 5.91 Å². The summed E-state index contributed by atoms with van der Waals surface area (Å²) < 4.78 is 0. The highest BCUT2D eigenvalue weighted by Crippen LogP contribution is 2.34. The first-order valence-corrected chi connectivity index (χ1v) is 9.20. The highest BCUT2D eigenvalue weighted by molar-refractivity contribution is 5.83.